The fourth-order valence-electron chi connectivity index (χ4n) is 2.15. The van der Waals surface area contributed by atoms with Crippen molar-refractivity contribution in [3.05, 3.63) is 21.7 Å². The molecule has 0 radical (unpaired) electrons. The zero-order chi connectivity index (χ0) is 11.4. The fraction of sp³-hybridized carbons (Fsp3) is 0.667. The second-order valence-corrected chi connectivity index (χ2v) is 5.04. The average molecular weight is 259 g/mol. The SMILES string of the molecule is Clc1nc2c(nc1Cl)CCCCCCCC2. The third-order valence-electron chi connectivity index (χ3n) is 3.05. The summed E-state index contributed by atoms with van der Waals surface area (Å²) in [6, 6.07) is 0. The molecule has 0 saturated heterocycles. The number of hydrogen-bond acceptors (Lipinski definition) is 2. The fourth-order valence-corrected chi connectivity index (χ4v) is 2.44. The van der Waals surface area contributed by atoms with E-state index in [0.29, 0.717) is 10.3 Å². The molecule has 0 aromatic carbocycles. The van der Waals surface area contributed by atoms with Crippen LogP contribution in [0.2, 0.25) is 10.3 Å². The van der Waals surface area contributed by atoms with Crippen LogP contribution in [0, 0.1) is 0 Å². The molecule has 0 saturated carbocycles. The van der Waals surface area contributed by atoms with Gasteiger partial charge >= 0.3 is 0 Å². The maximum atomic E-state index is 5.91. The monoisotopic (exact) mass is 258 g/mol. The van der Waals surface area contributed by atoms with Crippen LogP contribution in [0.15, 0.2) is 0 Å². The molecule has 2 nitrogen and oxygen atoms in total. The van der Waals surface area contributed by atoms with Gasteiger partial charge in [0.2, 0.25) is 0 Å². The first kappa shape index (κ1) is 12.1. The lowest BCUT2D eigenvalue weighted by Gasteiger charge is -2.11. The molecule has 4 heteroatoms. The standard InChI is InChI=1S/C12H16Cl2N2/c13-11-12(14)16-10-8-6-4-2-1-3-5-7-9(10)15-11/h1-8H2. The summed E-state index contributed by atoms with van der Waals surface area (Å²) < 4.78 is 0. The Bertz CT molecular complexity index is 331. The molecule has 0 bridgehead atoms. The molecule has 0 atom stereocenters. The molecule has 0 aliphatic heterocycles. The van der Waals surface area contributed by atoms with Gasteiger partial charge in [-0.15, -0.1) is 0 Å². The van der Waals surface area contributed by atoms with Crippen LogP contribution >= 0.6 is 23.2 Å². The van der Waals surface area contributed by atoms with Crippen LogP contribution in [0.1, 0.15) is 49.9 Å². The Balaban J connectivity index is 2.23. The number of rotatable bonds is 0. The van der Waals surface area contributed by atoms with Crippen molar-refractivity contribution < 1.29 is 0 Å². The van der Waals surface area contributed by atoms with E-state index in [9.17, 15) is 0 Å². The van der Waals surface area contributed by atoms with Gasteiger partial charge in [-0.1, -0.05) is 48.9 Å². The Morgan fingerprint density at radius 2 is 1.00 bits per heavy atom. The zero-order valence-corrected chi connectivity index (χ0v) is 10.8. The van der Waals surface area contributed by atoms with E-state index in [1.54, 1.807) is 0 Å². The lowest BCUT2D eigenvalue weighted by atomic mass is 10.0. The Morgan fingerprint density at radius 3 is 1.44 bits per heavy atom. The van der Waals surface area contributed by atoms with Crippen molar-refractivity contribution in [1.82, 2.24) is 9.97 Å². The molecule has 0 unspecified atom stereocenters. The molecule has 16 heavy (non-hydrogen) atoms. The van der Waals surface area contributed by atoms with E-state index >= 15 is 0 Å². The molecule has 0 amide bonds. The third-order valence-corrected chi connectivity index (χ3v) is 3.67. The highest BCUT2D eigenvalue weighted by Crippen LogP contribution is 2.23. The summed E-state index contributed by atoms with van der Waals surface area (Å²) in [6.07, 6.45) is 9.56. The maximum absolute atomic E-state index is 5.91. The Labute approximate surface area is 106 Å². The smallest absolute Gasteiger partial charge is 0.166 e. The lowest BCUT2D eigenvalue weighted by molar-refractivity contribution is 0.571. The van der Waals surface area contributed by atoms with Crippen molar-refractivity contribution in [3.8, 4) is 0 Å². The van der Waals surface area contributed by atoms with Gasteiger partial charge in [-0.05, 0) is 25.7 Å². The predicted octanol–water partition coefficient (Wildman–Crippen LogP) is 4.22. The summed E-state index contributed by atoms with van der Waals surface area (Å²) in [7, 11) is 0. The van der Waals surface area contributed by atoms with E-state index in [-0.39, 0.29) is 0 Å². The summed E-state index contributed by atoms with van der Waals surface area (Å²) in [5, 5.41) is 0.690. The molecule has 1 aliphatic carbocycles. The van der Waals surface area contributed by atoms with Gasteiger partial charge in [-0.25, -0.2) is 9.97 Å². The van der Waals surface area contributed by atoms with Crippen molar-refractivity contribution in [3.63, 3.8) is 0 Å². The normalized spacial score (nSPS) is 17.9. The van der Waals surface area contributed by atoms with Crippen LogP contribution < -0.4 is 0 Å². The van der Waals surface area contributed by atoms with E-state index in [1.165, 1.54) is 38.5 Å². The van der Waals surface area contributed by atoms with Crippen molar-refractivity contribution in [2.45, 2.75) is 51.4 Å². The second kappa shape index (κ2) is 5.83. The highest BCUT2D eigenvalue weighted by Gasteiger charge is 2.11. The van der Waals surface area contributed by atoms with Crippen LogP contribution in [0.4, 0.5) is 0 Å². The molecule has 1 aromatic rings. The second-order valence-electron chi connectivity index (χ2n) is 4.32. The van der Waals surface area contributed by atoms with Crippen LogP contribution in [0.5, 0.6) is 0 Å². The molecule has 2 rings (SSSR count). The summed E-state index contributed by atoms with van der Waals surface area (Å²) in [4.78, 5) is 8.72. The quantitative estimate of drug-likeness (QED) is 0.697. The van der Waals surface area contributed by atoms with Crippen molar-refractivity contribution in [1.29, 1.82) is 0 Å². The molecule has 1 aliphatic rings. The number of fused-ring (bicyclic) bond motifs is 1. The Morgan fingerprint density at radius 1 is 0.625 bits per heavy atom. The van der Waals surface area contributed by atoms with Gasteiger partial charge in [0.25, 0.3) is 0 Å². The van der Waals surface area contributed by atoms with Crippen LogP contribution in [0.25, 0.3) is 0 Å². The van der Waals surface area contributed by atoms with Crippen LogP contribution in [-0.2, 0) is 12.8 Å². The molecular formula is C12H16Cl2N2. The Hall–Kier alpha value is -0.340. The molecule has 0 spiro atoms. The number of halogens is 2. The summed E-state index contributed by atoms with van der Waals surface area (Å²) in [6.45, 7) is 0. The molecule has 0 fully saturated rings. The minimum absolute atomic E-state index is 0.345. The molecule has 1 heterocycles. The minimum Gasteiger partial charge on any atom is -0.236 e. The van der Waals surface area contributed by atoms with Crippen LogP contribution in [-0.4, -0.2) is 9.97 Å². The molecule has 0 N–H and O–H groups in total. The first-order valence-corrected chi connectivity index (χ1v) is 6.74. The lowest BCUT2D eigenvalue weighted by Crippen LogP contribution is -2.04. The molecule has 88 valence electrons. The average Bonchev–Trinajstić information content (AvgIpc) is 2.28. The van der Waals surface area contributed by atoms with Crippen molar-refractivity contribution in [2.75, 3.05) is 0 Å². The van der Waals surface area contributed by atoms with Crippen LogP contribution in [0.3, 0.4) is 0 Å². The van der Waals surface area contributed by atoms with E-state index < -0.39 is 0 Å². The van der Waals surface area contributed by atoms with Crippen molar-refractivity contribution >= 4 is 23.2 Å². The number of hydrogen-bond donors (Lipinski definition) is 0. The van der Waals surface area contributed by atoms with Gasteiger partial charge in [0.15, 0.2) is 10.3 Å². The van der Waals surface area contributed by atoms with Gasteiger partial charge in [0.05, 0.1) is 11.4 Å². The van der Waals surface area contributed by atoms with E-state index in [0.717, 1.165) is 24.2 Å². The van der Waals surface area contributed by atoms with Gasteiger partial charge in [-0.2, -0.15) is 0 Å². The van der Waals surface area contributed by atoms with Gasteiger partial charge in [0.1, 0.15) is 0 Å². The number of aryl methyl sites for hydroxylation is 2. The Kier molecular flexibility index (Phi) is 4.42. The largest absolute Gasteiger partial charge is 0.236 e. The first-order chi connectivity index (χ1) is 7.77. The highest BCUT2D eigenvalue weighted by molar-refractivity contribution is 6.40. The zero-order valence-electron chi connectivity index (χ0n) is 9.31. The number of nitrogens with zero attached hydrogens (tertiary/aromatic N) is 2. The third kappa shape index (κ3) is 3.08. The predicted molar refractivity (Wildman–Crippen MR) is 67.2 cm³/mol. The van der Waals surface area contributed by atoms with Gasteiger partial charge in [0, 0.05) is 0 Å². The highest BCUT2D eigenvalue weighted by atomic mass is 35.5. The van der Waals surface area contributed by atoms with E-state index in [2.05, 4.69) is 9.97 Å². The van der Waals surface area contributed by atoms with Crippen molar-refractivity contribution in [2.24, 2.45) is 0 Å². The number of aromatic nitrogens is 2. The van der Waals surface area contributed by atoms with Gasteiger partial charge in [-0.3, -0.25) is 0 Å². The van der Waals surface area contributed by atoms with E-state index in [1.807, 2.05) is 0 Å². The maximum Gasteiger partial charge on any atom is 0.166 e. The summed E-state index contributed by atoms with van der Waals surface area (Å²) in [5.74, 6) is 0. The van der Waals surface area contributed by atoms with Gasteiger partial charge < -0.3 is 0 Å². The topological polar surface area (TPSA) is 25.8 Å². The molecular weight excluding hydrogens is 243 g/mol. The molecule has 1 aromatic heterocycles. The van der Waals surface area contributed by atoms with E-state index in [4.69, 9.17) is 23.2 Å². The summed E-state index contributed by atoms with van der Waals surface area (Å²) >= 11 is 11.8. The minimum atomic E-state index is 0.345. The summed E-state index contributed by atoms with van der Waals surface area (Å²) in [5.41, 5.74) is 2.10. The first-order valence-electron chi connectivity index (χ1n) is 5.98.